The molecule has 2 aromatic carbocycles. The average molecular weight is 392 g/mol. The van der Waals surface area contributed by atoms with Gasteiger partial charge in [0.25, 0.3) is 0 Å². The van der Waals surface area contributed by atoms with Crippen LogP contribution in [0.4, 0.5) is 8.28 Å². The number of hydrazone groups is 2. The summed E-state index contributed by atoms with van der Waals surface area (Å²) in [5.41, 5.74) is 7.45. The average Bonchev–Trinajstić information content (AvgIpc) is 2.73. The van der Waals surface area contributed by atoms with Crippen molar-refractivity contribution in [3.05, 3.63) is 59.7 Å². The summed E-state index contributed by atoms with van der Waals surface area (Å²) < 4.78 is 34.7. The van der Waals surface area contributed by atoms with Gasteiger partial charge in [0, 0.05) is 23.3 Å². The molecule has 0 radical (unpaired) electrons. The van der Waals surface area contributed by atoms with Gasteiger partial charge in [-0.1, -0.05) is 0 Å². The summed E-state index contributed by atoms with van der Waals surface area (Å²) in [6.07, 6.45) is 0. The van der Waals surface area contributed by atoms with Gasteiger partial charge in [0.1, 0.15) is 24.8 Å². The number of alkyl halides is 1. The summed E-state index contributed by atoms with van der Waals surface area (Å²) in [5.74, 6) is 2.67. The van der Waals surface area contributed by atoms with Crippen LogP contribution in [0, 0.1) is 0 Å². The molecule has 0 saturated carbocycles. The monoisotopic (exact) mass is 392 g/mol. The topological polar surface area (TPSA) is 67.2 Å². The molecule has 6 nitrogen and oxygen atoms in total. The number of benzene rings is 2. The molecule has 2 N–H and O–H groups in total. The first-order valence-electron chi connectivity index (χ1n) is 8.23. The van der Waals surface area contributed by atoms with E-state index in [0.717, 1.165) is 11.1 Å². The third-order valence-corrected chi connectivity index (χ3v) is 3.90. The Hall–Kier alpha value is -2.81. The van der Waals surface area contributed by atoms with Crippen LogP contribution in [0.1, 0.15) is 11.1 Å². The molecule has 9 heteroatoms. The van der Waals surface area contributed by atoms with E-state index < -0.39 is 6.67 Å². The smallest absolute Gasteiger partial charge is 0.173 e. The van der Waals surface area contributed by atoms with Crippen LogP contribution in [0.3, 0.4) is 0 Å². The van der Waals surface area contributed by atoms with E-state index in [0.29, 0.717) is 35.5 Å². The first kappa shape index (κ1) is 19.0. The standard InChI is InChI=1S/C18H18F2N4O2S/c19-9-10-25-15-5-1-13(2-6-15)17-21-23-18(24-22-17)14-3-7-16(8-4-14)26-11-12-27-20/h1-8H,9-12H2,(H,21,22)(H,23,24). The molecule has 0 bridgehead atoms. The molecule has 1 aliphatic rings. The van der Waals surface area contributed by atoms with Crippen molar-refractivity contribution in [3.63, 3.8) is 0 Å². The molecule has 0 atom stereocenters. The van der Waals surface area contributed by atoms with Crippen molar-refractivity contribution >= 4 is 23.8 Å². The fourth-order valence-electron chi connectivity index (χ4n) is 2.29. The molecule has 0 unspecified atom stereocenters. The summed E-state index contributed by atoms with van der Waals surface area (Å²) in [4.78, 5) is 0. The van der Waals surface area contributed by atoms with Crippen LogP contribution in [-0.2, 0) is 0 Å². The fraction of sp³-hybridized carbons (Fsp3) is 0.222. The Balaban J connectivity index is 1.57. The number of nitrogens with one attached hydrogen (secondary N) is 2. The maximum absolute atomic E-state index is 12.1. The third-order valence-electron chi connectivity index (χ3n) is 3.58. The van der Waals surface area contributed by atoms with Crippen LogP contribution >= 0.6 is 12.1 Å². The molecule has 0 amide bonds. The lowest BCUT2D eigenvalue weighted by molar-refractivity contribution is 0.273. The molecule has 3 rings (SSSR count). The maximum Gasteiger partial charge on any atom is 0.173 e. The molecule has 0 aliphatic carbocycles. The molecule has 0 spiro atoms. The summed E-state index contributed by atoms with van der Waals surface area (Å²) >= 11 is 0.250. The molecule has 1 aliphatic heterocycles. The van der Waals surface area contributed by atoms with Crippen LogP contribution in [0.2, 0.25) is 0 Å². The molecule has 1 heterocycles. The molecule has 0 saturated heterocycles. The Bertz CT molecular complexity index is 798. The lowest BCUT2D eigenvalue weighted by atomic mass is 10.2. The minimum atomic E-state index is -0.527. The van der Waals surface area contributed by atoms with Gasteiger partial charge in [0.15, 0.2) is 11.7 Å². The normalized spacial score (nSPS) is 13.1. The van der Waals surface area contributed by atoms with Gasteiger partial charge >= 0.3 is 0 Å². The maximum atomic E-state index is 12.1. The van der Waals surface area contributed by atoms with Crippen molar-refractivity contribution in [2.24, 2.45) is 10.2 Å². The SMILES string of the molecule is FCCOc1ccc(C2=NNC(c3ccc(OCCSF)cc3)=NN2)cc1. The zero-order valence-electron chi connectivity index (χ0n) is 14.3. The highest BCUT2D eigenvalue weighted by Gasteiger charge is 2.12. The number of rotatable bonds is 9. The second-order valence-electron chi connectivity index (χ2n) is 5.39. The molecule has 142 valence electrons. The van der Waals surface area contributed by atoms with E-state index in [1.165, 1.54) is 0 Å². The van der Waals surface area contributed by atoms with Crippen LogP contribution in [0.25, 0.3) is 0 Å². The van der Waals surface area contributed by atoms with Gasteiger partial charge in [-0.2, -0.15) is 14.1 Å². The second-order valence-corrected chi connectivity index (χ2v) is 6.02. The number of halogens is 2. The first-order valence-corrected chi connectivity index (χ1v) is 9.12. The molecule has 0 fully saturated rings. The van der Waals surface area contributed by atoms with Crippen LogP contribution in [0.5, 0.6) is 11.5 Å². The highest BCUT2D eigenvalue weighted by molar-refractivity contribution is 7.94. The van der Waals surface area contributed by atoms with Gasteiger partial charge < -0.3 is 9.47 Å². The van der Waals surface area contributed by atoms with E-state index >= 15 is 0 Å². The van der Waals surface area contributed by atoms with Gasteiger partial charge in [0.05, 0.1) is 12.4 Å². The van der Waals surface area contributed by atoms with Gasteiger partial charge in [-0.3, -0.25) is 10.9 Å². The predicted molar refractivity (Wildman–Crippen MR) is 103 cm³/mol. The zero-order valence-corrected chi connectivity index (χ0v) is 15.1. The van der Waals surface area contributed by atoms with Crippen molar-refractivity contribution in [2.75, 3.05) is 25.6 Å². The zero-order chi connectivity index (χ0) is 18.9. The van der Waals surface area contributed by atoms with E-state index in [4.69, 9.17) is 9.47 Å². The molecular formula is C18H18F2N4O2S. The summed E-state index contributed by atoms with van der Waals surface area (Å²) in [7, 11) is 0. The van der Waals surface area contributed by atoms with Gasteiger partial charge in [-0.25, -0.2) is 4.39 Å². The highest BCUT2D eigenvalue weighted by Crippen LogP contribution is 2.15. The van der Waals surface area contributed by atoms with Gasteiger partial charge in [0.2, 0.25) is 0 Å². The number of nitrogens with zero attached hydrogens (tertiary/aromatic N) is 2. The van der Waals surface area contributed by atoms with E-state index in [-0.39, 0.29) is 18.8 Å². The van der Waals surface area contributed by atoms with E-state index in [1.54, 1.807) is 24.3 Å². The molecule has 27 heavy (non-hydrogen) atoms. The Labute approximate surface area is 159 Å². The minimum Gasteiger partial charge on any atom is -0.493 e. The fourth-order valence-corrected chi connectivity index (χ4v) is 2.44. The highest BCUT2D eigenvalue weighted by atomic mass is 32.2. The van der Waals surface area contributed by atoms with E-state index in [2.05, 4.69) is 21.1 Å². The summed E-state index contributed by atoms with van der Waals surface area (Å²) in [6.45, 7) is -0.180. The largest absolute Gasteiger partial charge is 0.493 e. The van der Waals surface area contributed by atoms with Crippen molar-refractivity contribution in [1.82, 2.24) is 10.9 Å². The Morgan fingerprint density at radius 1 is 0.778 bits per heavy atom. The number of ether oxygens (including phenoxy) is 2. The van der Waals surface area contributed by atoms with E-state index in [1.807, 2.05) is 24.3 Å². The van der Waals surface area contributed by atoms with Crippen LogP contribution in [0.15, 0.2) is 58.7 Å². The molecular weight excluding hydrogens is 374 g/mol. The quantitative estimate of drug-likeness (QED) is 0.642. The number of hydrogen-bond donors (Lipinski definition) is 2. The van der Waals surface area contributed by atoms with Gasteiger partial charge in [-0.15, -0.1) is 0 Å². The first-order chi connectivity index (χ1) is 13.3. The van der Waals surface area contributed by atoms with Crippen molar-refractivity contribution in [3.8, 4) is 11.5 Å². The van der Waals surface area contributed by atoms with Crippen molar-refractivity contribution < 1.29 is 17.7 Å². The lowest BCUT2D eigenvalue weighted by Crippen LogP contribution is -2.34. The lowest BCUT2D eigenvalue weighted by Gasteiger charge is -2.15. The molecule has 0 aromatic heterocycles. The van der Waals surface area contributed by atoms with Gasteiger partial charge in [-0.05, 0) is 48.5 Å². The number of hydrogen-bond acceptors (Lipinski definition) is 7. The Morgan fingerprint density at radius 3 is 1.67 bits per heavy atom. The summed E-state index contributed by atoms with van der Waals surface area (Å²) in [6, 6.07) is 14.4. The van der Waals surface area contributed by atoms with Crippen molar-refractivity contribution in [1.29, 1.82) is 0 Å². The predicted octanol–water partition coefficient (Wildman–Crippen LogP) is 3.25. The Morgan fingerprint density at radius 2 is 1.26 bits per heavy atom. The Kier molecular flexibility index (Phi) is 6.86. The second kappa shape index (κ2) is 9.77. The summed E-state index contributed by atoms with van der Waals surface area (Å²) in [5, 5.41) is 8.57. The minimum absolute atomic E-state index is 0.0341. The third kappa shape index (κ3) is 5.33. The molecule has 2 aromatic rings. The van der Waals surface area contributed by atoms with Crippen LogP contribution in [-0.4, -0.2) is 37.3 Å². The number of amidine groups is 2. The van der Waals surface area contributed by atoms with Crippen molar-refractivity contribution in [2.45, 2.75) is 0 Å². The van der Waals surface area contributed by atoms with E-state index in [9.17, 15) is 8.28 Å². The van der Waals surface area contributed by atoms with Crippen LogP contribution < -0.4 is 20.3 Å².